The maximum absolute atomic E-state index is 11.4. The van der Waals surface area contributed by atoms with E-state index < -0.39 is 0 Å². The molecule has 0 aromatic rings. The van der Waals surface area contributed by atoms with Gasteiger partial charge in [0.05, 0.1) is 6.10 Å². The van der Waals surface area contributed by atoms with E-state index in [4.69, 9.17) is 5.11 Å². The molecule has 0 saturated heterocycles. The Morgan fingerprint density at radius 1 is 1.40 bits per heavy atom. The molecule has 1 fully saturated rings. The summed E-state index contributed by atoms with van der Waals surface area (Å²) < 4.78 is 0. The van der Waals surface area contributed by atoms with Gasteiger partial charge >= 0.3 is 6.03 Å². The third-order valence-corrected chi connectivity index (χ3v) is 2.79. The number of aliphatic hydroxyl groups excluding tert-OH is 1. The number of hydrogen-bond acceptors (Lipinski definition) is 2. The molecule has 15 heavy (non-hydrogen) atoms. The van der Waals surface area contributed by atoms with Crippen LogP contribution in [0.25, 0.3) is 0 Å². The zero-order chi connectivity index (χ0) is 11.1. The van der Waals surface area contributed by atoms with Gasteiger partial charge in [-0.25, -0.2) is 4.79 Å². The lowest BCUT2D eigenvalue weighted by Crippen LogP contribution is -2.43. The summed E-state index contributed by atoms with van der Waals surface area (Å²) in [5.74, 6) is 0. The molecular weight excluding hydrogens is 192 g/mol. The van der Waals surface area contributed by atoms with E-state index in [1.54, 1.807) is 6.92 Å². The van der Waals surface area contributed by atoms with Crippen LogP contribution in [0.1, 0.15) is 45.4 Å². The number of nitrogens with one attached hydrogen (secondary N) is 2. The standard InChI is InChI=1S/C11H22N2O2/c1-9(14)7-8-12-11(15)13-10-5-3-2-4-6-10/h9-10,14H,2-8H2,1H3,(H2,12,13,15). The number of rotatable bonds is 4. The van der Waals surface area contributed by atoms with Crippen molar-refractivity contribution in [2.45, 2.75) is 57.6 Å². The molecule has 1 atom stereocenters. The van der Waals surface area contributed by atoms with Gasteiger partial charge in [-0.15, -0.1) is 0 Å². The molecule has 1 saturated carbocycles. The minimum Gasteiger partial charge on any atom is -0.393 e. The molecule has 0 spiro atoms. The van der Waals surface area contributed by atoms with Gasteiger partial charge in [0, 0.05) is 12.6 Å². The van der Waals surface area contributed by atoms with Gasteiger partial charge in [-0.05, 0) is 26.2 Å². The second-order valence-electron chi connectivity index (χ2n) is 4.37. The van der Waals surface area contributed by atoms with Crippen LogP contribution in [0, 0.1) is 0 Å². The molecule has 1 unspecified atom stereocenters. The lowest BCUT2D eigenvalue weighted by Gasteiger charge is -2.22. The normalized spacial score (nSPS) is 19.6. The van der Waals surface area contributed by atoms with Crippen LogP contribution in [-0.2, 0) is 0 Å². The molecule has 2 amide bonds. The second-order valence-corrected chi connectivity index (χ2v) is 4.37. The van der Waals surface area contributed by atoms with E-state index in [2.05, 4.69) is 10.6 Å². The van der Waals surface area contributed by atoms with Gasteiger partial charge in [0.25, 0.3) is 0 Å². The van der Waals surface area contributed by atoms with Crippen LogP contribution in [-0.4, -0.2) is 29.8 Å². The van der Waals surface area contributed by atoms with E-state index >= 15 is 0 Å². The van der Waals surface area contributed by atoms with Crippen molar-refractivity contribution in [3.8, 4) is 0 Å². The number of amides is 2. The first-order valence-corrected chi connectivity index (χ1v) is 5.91. The Balaban J connectivity index is 2.06. The van der Waals surface area contributed by atoms with Crippen LogP contribution >= 0.6 is 0 Å². The maximum atomic E-state index is 11.4. The molecule has 1 aliphatic carbocycles. The van der Waals surface area contributed by atoms with Gasteiger partial charge in [-0.2, -0.15) is 0 Å². The Kier molecular flexibility index (Phi) is 5.47. The molecule has 0 heterocycles. The topological polar surface area (TPSA) is 61.4 Å². The average Bonchev–Trinajstić information content (AvgIpc) is 2.18. The van der Waals surface area contributed by atoms with Crippen molar-refractivity contribution in [1.82, 2.24) is 10.6 Å². The summed E-state index contributed by atoms with van der Waals surface area (Å²) in [4.78, 5) is 11.4. The highest BCUT2D eigenvalue weighted by Crippen LogP contribution is 2.16. The summed E-state index contributed by atoms with van der Waals surface area (Å²) in [6.07, 6.45) is 6.20. The lowest BCUT2D eigenvalue weighted by atomic mass is 9.96. The van der Waals surface area contributed by atoms with Crippen molar-refractivity contribution >= 4 is 6.03 Å². The van der Waals surface area contributed by atoms with E-state index in [0.29, 0.717) is 19.0 Å². The van der Waals surface area contributed by atoms with E-state index in [1.807, 2.05) is 0 Å². The molecule has 0 aromatic carbocycles. The number of carbonyl (C=O) groups excluding carboxylic acids is 1. The maximum Gasteiger partial charge on any atom is 0.315 e. The summed E-state index contributed by atoms with van der Waals surface area (Å²) in [5, 5.41) is 14.7. The summed E-state index contributed by atoms with van der Waals surface area (Å²) in [7, 11) is 0. The third kappa shape index (κ3) is 5.62. The Hall–Kier alpha value is -0.770. The molecule has 1 aliphatic rings. The van der Waals surface area contributed by atoms with Gasteiger partial charge < -0.3 is 15.7 Å². The van der Waals surface area contributed by atoms with Crippen LogP contribution in [0.15, 0.2) is 0 Å². The first-order chi connectivity index (χ1) is 7.18. The minimum absolute atomic E-state index is 0.0949. The zero-order valence-corrected chi connectivity index (χ0v) is 9.46. The second kappa shape index (κ2) is 6.67. The Bertz CT molecular complexity index is 189. The molecule has 1 rings (SSSR count). The number of aliphatic hydroxyl groups is 1. The molecule has 0 radical (unpaired) electrons. The predicted octanol–water partition coefficient (Wildman–Crippen LogP) is 1.39. The van der Waals surface area contributed by atoms with Gasteiger partial charge in [0.15, 0.2) is 0 Å². The molecule has 0 aromatic heterocycles. The fraction of sp³-hybridized carbons (Fsp3) is 0.909. The van der Waals surface area contributed by atoms with Crippen LogP contribution in [0.2, 0.25) is 0 Å². The Morgan fingerprint density at radius 2 is 2.07 bits per heavy atom. The summed E-state index contributed by atoms with van der Waals surface area (Å²) in [6.45, 7) is 2.26. The molecule has 88 valence electrons. The van der Waals surface area contributed by atoms with Gasteiger partial charge in [-0.1, -0.05) is 19.3 Å². The highest BCUT2D eigenvalue weighted by atomic mass is 16.3. The minimum atomic E-state index is -0.347. The molecule has 4 nitrogen and oxygen atoms in total. The van der Waals surface area contributed by atoms with E-state index in [-0.39, 0.29) is 12.1 Å². The monoisotopic (exact) mass is 214 g/mol. The molecule has 4 heteroatoms. The lowest BCUT2D eigenvalue weighted by molar-refractivity contribution is 0.183. The number of carbonyl (C=O) groups is 1. The fourth-order valence-corrected chi connectivity index (χ4v) is 1.88. The van der Waals surface area contributed by atoms with E-state index in [1.165, 1.54) is 19.3 Å². The van der Waals surface area contributed by atoms with Crippen LogP contribution in [0.4, 0.5) is 4.79 Å². The van der Waals surface area contributed by atoms with Gasteiger partial charge in [0.1, 0.15) is 0 Å². The zero-order valence-electron chi connectivity index (χ0n) is 9.46. The average molecular weight is 214 g/mol. The van der Waals surface area contributed by atoms with Crippen LogP contribution in [0.5, 0.6) is 0 Å². The van der Waals surface area contributed by atoms with Gasteiger partial charge in [0.2, 0.25) is 0 Å². The molecule has 0 aliphatic heterocycles. The van der Waals surface area contributed by atoms with Crippen molar-refractivity contribution in [3.63, 3.8) is 0 Å². The van der Waals surface area contributed by atoms with Crippen molar-refractivity contribution < 1.29 is 9.90 Å². The van der Waals surface area contributed by atoms with E-state index in [0.717, 1.165) is 12.8 Å². The summed E-state index contributed by atoms with van der Waals surface area (Å²) in [5.41, 5.74) is 0. The first-order valence-electron chi connectivity index (χ1n) is 5.91. The molecular formula is C11H22N2O2. The summed E-state index contributed by atoms with van der Waals surface area (Å²) >= 11 is 0. The number of hydrogen-bond donors (Lipinski definition) is 3. The van der Waals surface area contributed by atoms with Gasteiger partial charge in [-0.3, -0.25) is 0 Å². The van der Waals surface area contributed by atoms with Crippen molar-refractivity contribution in [2.24, 2.45) is 0 Å². The molecule has 3 N–H and O–H groups in total. The van der Waals surface area contributed by atoms with Crippen LogP contribution < -0.4 is 10.6 Å². The highest BCUT2D eigenvalue weighted by Gasteiger charge is 2.14. The van der Waals surface area contributed by atoms with Crippen LogP contribution in [0.3, 0.4) is 0 Å². The SMILES string of the molecule is CC(O)CCNC(=O)NC1CCCCC1. The van der Waals surface area contributed by atoms with E-state index in [9.17, 15) is 4.79 Å². The third-order valence-electron chi connectivity index (χ3n) is 2.79. The predicted molar refractivity (Wildman–Crippen MR) is 59.7 cm³/mol. The smallest absolute Gasteiger partial charge is 0.315 e. The van der Waals surface area contributed by atoms with Crippen molar-refractivity contribution in [3.05, 3.63) is 0 Å². The van der Waals surface area contributed by atoms with Crippen molar-refractivity contribution in [1.29, 1.82) is 0 Å². The van der Waals surface area contributed by atoms with Crippen molar-refractivity contribution in [2.75, 3.05) is 6.54 Å². The first kappa shape index (κ1) is 12.3. The largest absolute Gasteiger partial charge is 0.393 e. The molecule has 0 bridgehead atoms. The Labute approximate surface area is 91.4 Å². The quantitative estimate of drug-likeness (QED) is 0.662. The Morgan fingerprint density at radius 3 is 2.67 bits per heavy atom. The number of urea groups is 1. The summed E-state index contributed by atoms with van der Waals surface area (Å²) in [6, 6.07) is 0.257. The fourth-order valence-electron chi connectivity index (χ4n) is 1.88. The highest BCUT2D eigenvalue weighted by molar-refractivity contribution is 5.74.